The number of hydrogen-bond donors (Lipinski definition) is 2. The van der Waals surface area contributed by atoms with Crippen LogP contribution >= 0.6 is 0 Å². The minimum absolute atomic E-state index is 0.126. The standard InChI is InChI=1S/C12H16N2O/c1-7-5-8(2)11(6-10(7)13)14-12(15)9-3-4-9/h5-6,9H,3-4,13H2,1-2H3,(H,14,15). The summed E-state index contributed by atoms with van der Waals surface area (Å²) in [6, 6.07) is 3.84. The van der Waals surface area contributed by atoms with E-state index in [1.54, 1.807) is 0 Å². The molecule has 1 aliphatic rings. The van der Waals surface area contributed by atoms with Crippen molar-refractivity contribution in [3.05, 3.63) is 23.3 Å². The van der Waals surface area contributed by atoms with Crippen LogP contribution in [0.25, 0.3) is 0 Å². The number of nitrogen functional groups attached to an aromatic ring is 1. The molecule has 0 unspecified atom stereocenters. The maximum Gasteiger partial charge on any atom is 0.227 e. The zero-order valence-corrected chi connectivity index (χ0v) is 9.13. The lowest BCUT2D eigenvalue weighted by Crippen LogP contribution is -2.14. The Labute approximate surface area is 89.7 Å². The monoisotopic (exact) mass is 204 g/mol. The summed E-state index contributed by atoms with van der Waals surface area (Å²) >= 11 is 0. The van der Waals surface area contributed by atoms with Crippen LogP contribution in [0.2, 0.25) is 0 Å². The normalized spacial score (nSPS) is 15.1. The number of rotatable bonds is 2. The Morgan fingerprint density at radius 3 is 2.60 bits per heavy atom. The Kier molecular flexibility index (Phi) is 2.39. The van der Waals surface area contributed by atoms with Gasteiger partial charge in [0, 0.05) is 17.3 Å². The van der Waals surface area contributed by atoms with Crippen LogP contribution in [0.5, 0.6) is 0 Å². The summed E-state index contributed by atoms with van der Waals surface area (Å²) in [4.78, 5) is 11.6. The zero-order chi connectivity index (χ0) is 11.0. The molecule has 0 aromatic heterocycles. The predicted octanol–water partition coefficient (Wildman–Crippen LogP) is 2.23. The molecule has 0 saturated heterocycles. The number of benzene rings is 1. The molecule has 0 atom stereocenters. The van der Waals surface area contributed by atoms with Crippen LogP contribution in [0.3, 0.4) is 0 Å². The maximum atomic E-state index is 11.6. The number of carbonyl (C=O) groups is 1. The summed E-state index contributed by atoms with van der Waals surface area (Å²) in [6.07, 6.45) is 2.04. The fraction of sp³-hybridized carbons (Fsp3) is 0.417. The third-order valence-electron chi connectivity index (χ3n) is 2.82. The van der Waals surface area contributed by atoms with Crippen molar-refractivity contribution >= 4 is 17.3 Å². The molecule has 3 heteroatoms. The molecule has 3 N–H and O–H groups in total. The number of hydrogen-bond acceptors (Lipinski definition) is 2. The van der Waals surface area contributed by atoms with E-state index >= 15 is 0 Å². The van der Waals surface area contributed by atoms with Crippen LogP contribution in [-0.2, 0) is 4.79 Å². The summed E-state index contributed by atoms with van der Waals surface area (Å²) < 4.78 is 0. The summed E-state index contributed by atoms with van der Waals surface area (Å²) in [7, 11) is 0. The Morgan fingerprint density at radius 1 is 1.33 bits per heavy atom. The van der Waals surface area contributed by atoms with Gasteiger partial charge in [0.1, 0.15) is 0 Å². The van der Waals surface area contributed by atoms with Crippen LogP contribution in [-0.4, -0.2) is 5.91 Å². The Bertz CT molecular complexity index is 408. The second kappa shape index (κ2) is 3.57. The third-order valence-corrected chi connectivity index (χ3v) is 2.82. The molecule has 1 amide bonds. The number of nitrogens with one attached hydrogen (secondary N) is 1. The summed E-state index contributed by atoms with van der Waals surface area (Å²) in [6.45, 7) is 3.95. The maximum absolute atomic E-state index is 11.6. The number of nitrogens with two attached hydrogens (primary N) is 1. The molecule has 0 aliphatic heterocycles. The number of aryl methyl sites for hydroxylation is 2. The van der Waals surface area contributed by atoms with Crippen LogP contribution in [0.1, 0.15) is 24.0 Å². The molecule has 1 aromatic rings. The first-order valence-electron chi connectivity index (χ1n) is 5.25. The molecule has 1 aliphatic carbocycles. The van der Waals surface area contributed by atoms with Gasteiger partial charge >= 0.3 is 0 Å². The van der Waals surface area contributed by atoms with Gasteiger partial charge in [-0.25, -0.2) is 0 Å². The van der Waals surface area contributed by atoms with E-state index in [0.717, 1.165) is 35.3 Å². The first-order chi connectivity index (χ1) is 7.08. The highest BCUT2D eigenvalue weighted by Gasteiger charge is 2.29. The highest BCUT2D eigenvalue weighted by atomic mass is 16.2. The van der Waals surface area contributed by atoms with Crippen molar-refractivity contribution in [2.75, 3.05) is 11.1 Å². The van der Waals surface area contributed by atoms with E-state index in [2.05, 4.69) is 5.32 Å². The molecule has 2 rings (SSSR count). The van der Waals surface area contributed by atoms with E-state index < -0.39 is 0 Å². The fourth-order valence-corrected chi connectivity index (χ4v) is 1.58. The van der Waals surface area contributed by atoms with Crippen molar-refractivity contribution in [2.45, 2.75) is 26.7 Å². The van der Waals surface area contributed by atoms with Gasteiger partial charge in [-0.05, 0) is 43.9 Å². The van der Waals surface area contributed by atoms with Crippen molar-refractivity contribution in [3.8, 4) is 0 Å². The molecule has 15 heavy (non-hydrogen) atoms. The molecule has 0 heterocycles. The first-order valence-corrected chi connectivity index (χ1v) is 5.25. The molecule has 0 bridgehead atoms. The molecule has 3 nitrogen and oxygen atoms in total. The highest BCUT2D eigenvalue weighted by molar-refractivity contribution is 5.95. The van der Waals surface area contributed by atoms with Gasteiger partial charge in [-0.15, -0.1) is 0 Å². The molecular formula is C12H16N2O. The van der Waals surface area contributed by atoms with Crippen molar-refractivity contribution in [2.24, 2.45) is 5.92 Å². The van der Waals surface area contributed by atoms with Gasteiger partial charge in [-0.2, -0.15) is 0 Å². The van der Waals surface area contributed by atoms with E-state index in [9.17, 15) is 4.79 Å². The smallest absolute Gasteiger partial charge is 0.227 e. The molecule has 80 valence electrons. The fourth-order valence-electron chi connectivity index (χ4n) is 1.58. The average Bonchev–Trinajstić information content (AvgIpc) is 2.97. The van der Waals surface area contributed by atoms with Gasteiger partial charge in [0.25, 0.3) is 0 Å². The van der Waals surface area contributed by atoms with E-state index in [1.165, 1.54) is 0 Å². The van der Waals surface area contributed by atoms with E-state index in [1.807, 2.05) is 26.0 Å². The van der Waals surface area contributed by atoms with Crippen LogP contribution in [0, 0.1) is 19.8 Å². The van der Waals surface area contributed by atoms with Gasteiger partial charge in [0.05, 0.1) is 0 Å². The minimum Gasteiger partial charge on any atom is -0.398 e. The number of amides is 1. The van der Waals surface area contributed by atoms with E-state index in [-0.39, 0.29) is 11.8 Å². The Balaban J connectivity index is 2.20. The zero-order valence-electron chi connectivity index (χ0n) is 9.13. The minimum atomic E-state index is 0.126. The van der Waals surface area contributed by atoms with Crippen LogP contribution in [0.15, 0.2) is 12.1 Å². The molecule has 0 spiro atoms. The third kappa shape index (κ3) is 2.12. The van der Waals surface area contributed by atoms with E-state index in [4.69, 9.17) is 5.73 Å². The molecule has 1 fully saturated rings. The second-order valence-corrected chi connectivity index (χ2v) is 4.29. The highest BCUT2D eigenvalue weighted by Crippen LogP contribution is 2.31. The molecule has 1 aromatic carbocycles. The van der Waals surface area contributed by atoms with Gasteiger partial charge in [0.2, 0.25) is 5.91 Å². The van der Waals surface area contributed by atoms with Gasteiger partial charge < -0.3 is 11.1 Å². The molecule has 0 radical (unpaired) electrons. The lowest BCUT2D eigenvalue weighted by atomic mass is 10.1. The lowest BCUT2D eigenvalue weighted by molar-refractivity contribution is -0.117. The van der Waals surface area contributed by atoms with Crippen LogP contribution in [0.4, 0.5) is 11.4 Å². The van der Waals surface area contributed by atoms with Crippen LogP contribution < -0.4 is 11.1 Å². The summed E-state index contributed by atoms with van der Waals surface area (Å²) in [5.74, 6) is 0.355. The van der Waals surface area contributed by atoms with Crippen molar-refractivity contribution < 1.29 is 4.79 Å². The van der Waals surface area contributed by atoms with Crippen molar-refractivity contribution in [1.82, 2.24) is 0 Å². The Hall–Kier alpha value is -1.51. The summed E-state index contributed by atoms with van der Waals surface area (Å²) in [5, 5.41) is 2.92. The largest absolute Gasteiger partial charge is 0.398 e. The lowest BCUT2D eigenvalue weighted by Gasteiger charge is -2.10. The van der Waals surface area contributed by atoms with Crippen molar-refractivity contribution in [1.29, 1.82) is 0 Å². The SMILES string of the molecule is Cc1cc(C)c(NC(=O)C2CC2)cc1N. The molecular weight excluding hydrogens is 188 g/mol. The Morgan fingerprint density at radius 2 is 2.00 bits per heavy atom. The predicted molar refractivity (Wildman–Crippen MR) is 61.7 cm³/mol. The number of carbonyl (C=O) groups excluding carboxylic acids is 1. The van der Waals surface area contributed by atoms with E-state index in [0.29, 0.717) is 0 Å². The first kappa shape index (κ1) is 10.0. The van der Waals surface area contributed by atoms with Gasteiger partial charge in [-0.3, -0.25) is 4.79 Å². The number of anilines is 2. The van der Waals surface area contributed by atoms with Crippen molar-refractivity contribution in [3.63, 3.8) is 0 Å². The quantitative estimate of drug-likeness (QED) is 0.726. The second-order valence-electron chi connectivity index (χ2n) is 4.29. The molecule has 1 saturated carbocycles. The van der Waals surface area contributed by atoms with Gasteiger partial charge in [-0.1, -0.05) is 6.07 Å². The average molecular weight is 204 g/mol. The topological polar surface area (TPSA) is 55.1 Å². The summed E-state index contributed by atoms with van der Waals surface area (Å²) in [5.41, 5.74) is 9.49. The van der Waals surface area contributed by atoms with Gasteiger partial charge in [0.15, 0.2) is 0 Å².